The molecule has 0 fully saturated rings. The van der Waals surface area contributed by atoms with Crippen molar-refractivity contribution in [3.05, 3.63) is 64.1 Å². The zero-order chi connectivity index (χ0) is 13.0. The van der Waals surface area contributed by atoms with Crippen molar-refractivity contribution in [2.45, 2.75) is 19.8 Å². The third-order valence-electron chi connectivity index (χ3n) is 3.16. The Morgan fingerprint density at radius 3 is 2.50 bits per heavy atom. The van der Waals surface area contributed by atoms with Gasteiger partial charge >= 0.3 is 0 Å². The van der Waals surface area contributed by atoms with Crippen LogP contribution in [0, 0.1) is 6.92 Å². The molecule has 18 heavy (non-hydrogen) atoms. The number of benzene rings is 2. The maximum Gasteiger partial charge on any atom is 0.0370 e. The van der Waals surface area contributed by atoms with Crippen LogP contribution in [0.15, 0.2) is 53.0 Å². The van der Waals surface area contributed by atoms with Gasteiger partial charge in [-0.25, -0.2) is 0 Å². The fraction of sp³-hybridized carbons (Fsp3) is 0.250. The minimum atomic E-state index is 0.509. The molecule has 2 heteroatoms. The predicted octanol–water partition coefficient (Wildman–Crippen LogP) is 4.97. The van der Waals surface area contributed by atoms with Crippen molar-refractivity contribution in [2.24, 2.45) is 0 Å². The van der Waals surface area contributed by atoms with Gasteiger partial charge in [0.15, 0.2) is 0 Å². The summed E-state index contributed by atoms with van der Waals surface area (Å²) in [7, 11) is 0. The van der Waals surface area contributed by atoms with E-state index in [9.17, 15) is 0 Å². The summed E-state index contributed by atoms with van der Waals surface area (Å²) in [6.07, 6.45) is 0. The lowest BCUT2D eigenvalue weighted by atomic mass is 10.0. The first-order chi connectivity index (χ1) is 8.66. The highest BCUT2D eigenvalue weighted by Gasteiger charge is 2.05. The molecular formula is C16H18BrN. The van der Waals surface area contributed by atoms with Crippen LogP contribution < -0.4 is 5.32 Å². The lowest BCUT2D eigenvalue weighted by molar-refractivity contribution is 0.804. The van der Waals surface area contributed by atoms with Crippen molar-refractivity contribution in [1.82, 2.24) is 0 Å². The van der Waals surface area contributed by atoms with Crippen LogP contribution in [0.1, 0.15) is 24.0 Å². The molecule has 2 rings (SSSR count). The van der Waals surface area contributed by atoms with Crippen molar-refractivity contribution in [1.29, 1.82) is 0 Å². The molecule has 1 N–H and O–H groups in total. The predicted molar refractivity (Wildman–Crippen MR) is 82.2 cm³/mol. The van der Waals surface area contributed by atoms with Crippen molar-refractivity contribution < 1.29 is 0 Å². The Labute approximate surface area is 117 Å². The molecule has 1 nitrogen and oxygen atoms in total. The van der Waals surface area contributed by atoms with Crippen LogP contribution in [0.2, 0.25) is 0 Å². The maximum atomic E-state index is 3.52. The van der Waals surface area contributed by atoms with Gasteiger partial charge in [0.25, 0.3) is 0 Å². The van der Waals surface area contributed by atoms with Crippen LogP contribution in [-0.4, -0.2) is 6.54 Å². The molecule has 1 unspecified atom stereocenters. The van der Waals surface area contributed by atoms with E-state index < -0.39 is 0 Å². The molecule has 0 heterocycles. The molecule has 0 aliphatic heterocycles. The summed E-state index contributed by atoms with van der Waals surface area (Å²) in [5, 5.41) is 3.52. The highest BCUT2D eigenvalue weighted by Crippen LogP contribution is 2.21. The molecule has 1 atom stereocenters. The van der Waals surface area contributed by atoms with E-state index in [4.69, 9.17) is 0 Å². The Kier molecular flexibility index (Phi) is 4.43. The summed E-state index contributed by atoms with van der Waals surface area (Å²) < 4.78 is 1.13. The highest BCUT2D eigenvalue weighted by molar-refractivity contribution is 9.10. The fourth-order valence-electron chi connectivity index (χ4n) is 1.99. The lowest BCUT2D eigenvalue weighted by Crippen LogP contribution is -2.10. The van der Waals surface area contributed by atoms with Crippen LogP contribution >= 0.6 is 15.9 Å². The molecule has 2 aromatic rings. The molecule has 0 amide bonds. The van der Waals surface area contributed by atoms with Crippen molar-refractivity contribution in [2.75, 3.05) is 11.9 Å². The zero-order valence-electron chi connectivity index (χ0n) is 10.8. The molecule has 0 spiro atoms. The Morgan fingerprint density at radius 1 is 1.11 bits per heavy atom. The molecule has 0 saturated heterocycles. The summed E-state index contributed by atoms with van der Waals surface area (Å²) >= 11 is 3.49. The lowest BCUT2D eigenvalue weighted by Gasteiger charge is -2.15. The standard InChI is InChI=1S/C16H18BrN/c1-12-10-15(17)8-9-16(12)18-11-13(2)14-6-4-3-5-7-14/h3-10,13,18H,11H2,1-2H3. The van der Waals surface area contributed by atoms with Gasteiger partial charge in [0, 0.05) is 16.7 Å². The molecule has 0 aromatic heterocycles. The van der Waals surface area contributed by atoms with E-state index in [1.165, 1.54) is 16.8 Å². The van der Waals surface area contributed by atoms with E-state index in [1.54, 1.807) is 0 Å². The van der Waals surface area contributed by atoms with Gasteiger partial charge in [0.1, 0.15) is 0 Å². The van der Waals surface area contributed by atoms with Gasteiger partial charge in [0.2, 0.25) is 0 Å². The van der Waals surface area contributed by atoms with Crippen LogP contribution in [-0.2, 0) is 0 Å². The quantitative estimate of drug-likeness (QED) is 0.840. The number of aryl methyl sites for hydroxylation is 1. The number of nitrogens with one attached hydrogen (secondary N) is 1. The van der Waals surface area contributed by atoms with Gasteiger partial charge < -0.3 is 5.32 Å². The molecule has 0 aliphatic rings. The van der Waals surface area contributed by atoms with Gasteiger partial charge in [-0.2, -0.15) is 0 Å². The molecule has 94 valence electrons. The molecule has 0 aliphatic carbocycles. The summed E-state index contributed by atoms with van der Waals surface area (Å²) in [4.78, 5) is 0. The van der Waals surface area contributed by atoms with Crippen molar-refractivity contribution >= 4 is 21.6 Å². The normalized spacial score (nSPS) is 12.2. The van der Waals surface area contributed by atoms with Crippen LogP contribution in [0.25, 0.3) is 0 Å². The molecule has 0 bridgehead atoms. The van der Waals surface area contributed by atoms with Gasteiger partial charge in [-0.15, -0.1) is 0 Å². The van der Waals surface area contributed by atoms with Crippen LogP contribution in [0.3, 0.4) is 0 Å². The van der Waals surface area contributed by atoms with E-state index in [0.717, 1.165) is 11.0 Å². The van der Waals surface area contributed by atoms with Crippen LogP contribution in [0.4, 0.5) is 5.69 Å². The van der Waals surface area contributed by atoms with Gasteiger partial charge in [-0.05, 0) is 42.2 Å². The van der Waals surface area contributed by atoms with Gasteiger partial charge in [-0.1, -0.05) is 53.2 Å². The second kappa shape index (κ2) is 6.05. The summed E-state index contributed by atoms with van der Waals surface area (Å²) in [5.74, 6) is 0.509. The van der Waals surface area contributed by atoms with Gasteiger partial charge in [0.05, 0.1) is 0 Å². The second-order valence-corrected chi connectivity index (χ2v) is 5.57. The van der Waals surface area contributed by atoms with E-state index in [0.29, 0.717) is 5.92 Å². The number of rotatable bonds is 4. The Morgan fingerprint density at radius 2 is 1.83 bits per heavy atom. The fourth-order valence-corrected chi connectivity index (χ4v) is 2.46. The molecule has 0 radical (unpaired) electrons. The van der Waals surface area contributed by atoms with Crippen molar-refractivity contribution in [3.8, 4) is 0 Å². The molecule has 2 aromatic carbocycles. The van der Waals surface area contributed by atoms with E-state index in [1.807, 2.05) is 0 Å². The average molecular weight is 304 g/mol. The van der Waals surface area contributed by atoms with E-state index in [-0.39, 0.29) is 0 Å². The summed E-state index contributed by atoms with van der Waals surface area (Å²) in [5.41, 5.74) is 3.85. The SMILES string of the molecule is Cc1cc(Br)ccc1NCC(C)c1ccccc1. The number of anilines is 1. The third kappa shape index (κ3) is 3.36. The number of halogens is 1. The summed E-state index contributed by atoms with van der Waals surface area (Å²) in [6.45, 7) is 5.32. The van der Waals surface area contributed by atoms with E-state index >= 15 is 0 Å². The second-order valence-electron chi connectivity index (χ2n) is 4.65. The van der Waals surface area contributed by atoms with Crippen LogP contribution in [0.5, 0.6) is 0 Å². The molecular weight excluding hydrogens is 286 g/mol. The summed E-state index contributed by atoms with van der Waals surface area (Å²) in [6, 6.07) is 16.9. The maximum absolute atomic E-state index is 3.52. The van der Waals surface area contributed by atoms with Gasteiger partial charge in [-0.3, -0.25) is 0 Å². The largest absolute Gasteiger partial charge is 0.384 e. The van der Waals surface area contributed by atoms with E-state index in [2.05, 4.69) is 83.6 Å². The smallest absolute Gasteiger partial charge is 0.0370 e. The first-order valence-electron chi connectivity index (χ1n) is 6.22. The Bertz CT molecular complexity index is 508. The number of hydrogen-bond acceptors (Lipinski definition) is 1. The Hall–Kier alpha value is -1.28. The average Bonchev–Trinajstić information content (AvgIpc) is 2.38. The van der Waals surface area contributed by atoms with Crippen molar-refractivity contribution in [3.63, 3.8) is 0 Å². The third-order valence-corrected chi connectivity index (χ3v) is 3.65. The number of hydrogen-bond donors (Lipinski definition) is 1. The topological polar surface area (TPSA) is 12.0 Å². The first kappa shape index (κ1) is 13.2. The first-order valence-corrected chi connectivity index (χ1v) is 7.01. The highest BCUT2D eigenvalue weighted by atomic mass is 79.9. The Balaban J connectivity index is 1.99. The monoisotopic (exact) mass is 303 g/mol. The minimum Gasteiger partial charge on any atom is -0.384 e. The minimum absolute atomic E-state index is 0.509. The molecule has 0 saturated carbocycles. The zero-order valence-corrected chi connectivity index (χ0v) is 12.4.